The van der Waals surface area contributed by atoms with Gasteiger partial charge in [0.05, 0.1) is 22.4 Å². The number of hydrogen-bond donors (Lipinski definition) is 1. The summed E-state index contributed by atoms with van der Waals surface area (Å²) in [7, 11) is 0. The molecule has 0 unspecified atom stereocenters. The van der Waals surface area contributed by atoms with E-state index in [0.29, 0.717) is 5.52 Å². The van der Waals surface area contributed by atoms with Gasteiger partial charge in [0, 0.05) is 18.5 Å². The first-order valence-corrected chi connectivity index (χ1v) is 9.85. The maximum absolute atomic E-state index is 14.6. The summed E-state index contributed by atoms with van der Waals surface area (Å²) in [5.74, 6) is 1.10. The van der Waals surface area contributed by atoms with Gasteiger partial charge < -0.3 is 5.32 Å². The molecule has 0 saturated heterocycles. The number of carbonyl (C=O) groups excluding carboxylic acids is 1. The summed E-state index contributed by atoms with van der Waals surface area (Å²) < 4.78 is 18.1. The molecule has 0 aliphatic carbocycles. The van der Waals surface area contributed by atoms with Gasteiger partial charge in [0.1, 0.15) is 11.6 Å². The van der Waals surface area contributed by atoms with Crippen LogP contribution in [0.1, 0.15) is 42.8 Å². The van der Waals surface area contributed by atoms with Crippen molar-refractivity contribution in [3.8, 4) is 16.8 Å². The van der Waals surface area contributed by atoms with E-state index in [0.717, 1.165) is 45.1 Å². The monoisotopic (exact) mass is 403 g/mol. The average molecular weight is 403 g/mol. The van der Waals surface area contributed by atoms with Crippen LogP contribution in [0.5, 0.6) is 0 Å². The lowest BCUT2D eigenvalue weighted by Gasteiger charge is -2.35. The van der Waals surface area contributed by atoms with Gasteiger partial charge >= 0.3 is 0 Å². The average Bonchev–Trinajstić information content (AvgIpc) is 3.26. The Morgan fingerprint density at radius 1 is 1.10 bits per heavy atom. The summed E-state index contributed by atoms with van der Waals surface area (Å²) in [6, 6.07) is 8.81. The molecule has 1 N–H and O–H groups in total. The van der Waals surface area contributed by atoms with E-state index in [1.54, 1.807) is 6.20 Å². The Labute approximate surface area is 173 Å². The first kappa shape index (κ1) is 18.5. The van der Waals surface area contributed by atoms with Crippen molar-refractivity contribution in [1.29, 1.82) is 0 Å². The number of benzene rings is 2. The number of rotatable bonds is 1. The molecule has 1 aliphatic heterocycles. The summed E-state index contributed by atoms with van der Waals surface area (Å²) in [6.07, 6.45) is 1.69. The maximum atomic E-state index is 14.6. The largest absolute Gasteiger partial charge is 0.371 e. The fraction of sp³-hybridized carbons (Fsp3) is 0.261. The molecule has 152 valence electrons. The van der Waals surface area contributed by atoms with Crippen molar-refractivity contribution >= 4 is 22.5 Å². The highest BCUT2D eigenvalue weighted by Crippen LogP contribution is 2.42. The van der Waals surface area contributed by atoms with Crippen LogP contribution in [0.2, 0.25) is 0 Å². The summed E-state index contributed by atoms with van der Waals surface area (Å²) in [4.78, 5) is 12.0. The number of anilines is 1. The van der Waals surface area contributed by atoms with Gasteiger partial charge in [0.2, 0.25) is 5.91 Å². The first-order chi connectivity index (χ1) is 14.2. The number of nitrogens with zero attached hydrogens (tertiary/aromatic N) is 4. The Morgan fingerprint density at radius 3 is 2.60 bits per heavy atom. The third-order valence-electron chi connectivity index (χ3n) is 5.89. The summed E-state index contributed by atoms with van der Waals surface area (Å²) in [5, 5.41) is 13.1. The van der Waals surface area contributed by atoms with Crippen molar-refractivity contribution in [1.82, 2.24) is 19.3 Å². The van der Waals surface area contributed by atoms with Gasteiger partial charge in [0.15, 0.2) is 5.82 Å². The van der Waals surface area contributed by atoms with Gasteiger partial charge in [-0.15, -0.1) is 10.2 Å². The first-order valence-electron chi connectivity index (χ1n) is 9.85. The molecule has 0 bridgehead atoms. The van der Waals surface area contributed by atoms with Gasteiger partial charge in [-0.2, -0.15) is 0 Å². The van der Waals surface area contributed by atoms with Gasteiger partial charge in [-0.1, -0.05) is 6.07 Å². The molecular weight excluding hydrogens is 381 g/mol. The van der Waals surface area contributed by atoms with E-state index in [-0.39, 0.29) is 17.3 Å². The molecule has 1 aliphatic rings. The summed E-state index contributed by atoms with van der Waals surface area (Å²) in [5.41, 5.74) is 4.78. The quantitative estimate of drug-likeness (QED) is 0.488. The number of halogens is 1. The number of carbonyl (C=O) groups is 1. The topological polar surface area (TPSA) is 64.7 Å². The molecule has 0 saturated carbocycles. The van der Waals surface area contributed by atoms with E-state index in [4.69, 9.17) is 0 Å². The third kappa shape index (κ3) is 2.44. The minimum absolute atomic E-state index is 0.153. The molecule has 30 heavy (non-hydrogen) atoms. The van der Waals surface area contributed by atoms with Crippen LogP contribution in [-0.4, -0.2) is 25.2 Å². The van der Waals surface area contributed by atoms with Crippen molar-refractivity contribution in [3.05, 3.63) is 59.6 Å². The van der Waals surface area contributed by atoms with Gasteiger partial charge in [0.25, 0.3) is 0 Å². The Bertz CT molecular complexity index is 1360. The van der Waals surface area contributed by atoms with Crippen molar-refractivity contribution in [2.45, 2.75) is 40.2 Å². The van der Waals surface area contributed by atoms with Crippen LogP contribution in [0.25, 0.3) is 27.7 Å². The van der Waals surface area contributed by atoms with Crippen LogP contribution in [0.3, 0.4) is 0 Å². The fourth-order valence-corrected chi connectivity index (χ4v) is 4.51. The van der Waals surface area contributed by atoms with Crippen LogP contribution in [0, 0.1) is 19.7 Å². The Morgan fingerprint density at radius 2 is 1.87 bits per heavy atom. The zero-order valence-corrected chi connectivity index (χ0v) is 17.5. The zero-order valence-electron chi connectivity index (χ0n) is 17.5. The molecule has 6 nitrogen and oxygen atoms in total. The van der Waals surface area contributed by atoms with Gasteiger partial charge in [-0.3, -0.25) is 13.9 Å². The highest BCUT2D eigenvalue weighted by molar-refractivity contribution is 6.01. The summed E-state index contributed by atoms with van der Waals surface area (Å²) >= 11 is 0. The van der Waals surface area contributed by atoms with Crippen LogP contribution in [-0.2, 0) is 5.54 Å². The number of nitrogens with one attached hydrogen (secondary N) is 1. The second-order valence-electron chi connectivity index (χ2n) is 8.38. The van der Waals surface area contributed by atoms with Crippen molar-refractivity contribution in [3.63, 3.8) is 0 Å². The van der Waals surface area contributed by atoms with E-state index >= 15 is 0 Å². The number of aromatic nitrogens is 4. The molecule has 7 heteroatoms. The van der Waals surface area contributed by atoms with Gasteiger partial charge in [-0.05, 0) is 68.7 Å². The second kappa shape index (κ2) is 6.01. The zero-order chi connectivity index (χ0) is 21.4. The van der Waals surface area contributed by atoms with Crippen molar-refractivity contribution < 1.29 is 9.18 Å². The highest BCUT2D eigenvalue weighted by Gasteiger charge is 2.35. The standard InChI is InChI=1S/C23H22FN5O/c1-12-16(18-10-15(24)11-20-17(18)8-9-28(20)14(3)30)6-7-19-21(12)29-13(2)26-27-22(29)23(4,5)25-19/h6-11,25H,1-5H3. The highest BCUT2D eigenvalue weighted by atomic mass is 19.1. The minimum Gasteiger partial charge on any atom is -0.371 e. The lowest BCUT2D eigenvalue weighted by Crippen LogP contribution is -2.36. The lowest BCUT2D eigenvalue weighted by atomic mass is 9.92. The Balaban J connectivity index is 1.81. The molecule has 0 atom stereocenters. The molecule has 4 aromatic rings. The maximum Gasteiger partial charge on any atom is 0.227 e. The molecule has 2 aromatic heterocycles. The second-order valence-corrected chi connectivity index (χ2v) is 8.38. The number of hydrogen-bond acceptors (Lipinski definition) is 4. The minimum atomic E-state index is -0.378. The van der Waals surface area contributed by atoms with E-state index in [2.05, 4.69) is 33.9 Å². The van der Waals surface area contributed by atoms with Crippen LogP contribution >= 0.6 is 0 Å². The van der Waals surface area contributed by atoms with Crippen LogP contribution in [0.4, 0.5) is 10.1 Å². The molecule has 2 aromatic carbocycles. The fourth-order valence-electron chi connectivity index (χ4n) is 4.51. The van der Waals surface area contributed by atoms with Gasteiger partial charge in [-0.25, -0.2) is 4.39 Å². The number of fused-ring (bicyclic) bond motifs is 4. The predicted octanol–water partition coefficient (Wildman–Crippen LogP) is 4.97. The smallest absolute Gasteiger partial charge is 0.227 e. The van der Waals surface area contributed by atoms with E-state index < -0.39 is 0 Å². The molecular formula is C23H22FN5O. The third-order valence-corrected chi connectivity index (χ3v) is 5.89. The van der Waals surface area contributed by atoms with Crippen molar-refractivity contribution in [2.75, 3.05) is 5.32 Å². The van der Waals surface area contributed by atoms with Crippen LogP contribution in [0.15, 0.2) is 36.5 Å². The molecule has 0 fully saturated rings. The molecule has 0 radical (unpaired) electrons. The molecule has 5 rings (SSSR count). The molecule has 0 amide bonds. The summed E-state index contributed by atoms with van der Waals surface area (Å²) in [6.45, 7) is 9.56. The van der Waals surface area contributed by atoms with E-state index in [9.17, 15) is 9.18 Å². The lowest BCUT2D eigenvalue weighted by molar-refractivity contribution is 0.0941. The predicted molar refractivity (Wildman–Crippen MR) is 115 cm³/mol. The Kier molecular flexibility index (Phi) is 3.72. The normalized spacial score (nSPS) is 14.3. The number of aryl methyl sites for hydroxylation is 1. The van der Waals surface area contributed by atoms with E-state index in [1.807, 2.05) is 32.0 Å². The van der Waals surface area contributed by atoms with Crippen LogP contribution < -0.4 is 5.32 Å². The van der Waals surface area contributed by atoms with Crippen molar-refractivity contribution in [2.24, 2.45) is 0 Å². The molecule has 3 heterocycles. The van der Waals surface area contributed by atoms with E-state index in [1.165, 1.54) is 23.6 Å². The molecule has 0 spiro atoms. The SMILES string of the molecule is CC(=O)n1ccc2c(-c3ccc4c(c3C)-n3c(C)nnc3C(C)(C)N4)cc(F)cc21. The Hall–Kier alpha value is -3.48.